The van der Waals surface area contributed by atoms with Gasteiger partial charge in [-0.05, 0) is 31.2 Å². The maximum Gasteiger partial charge on any atom is 0.244 e. The first-order valence-corrected chi connectivity index (χ1v) is 11.7. The van der Waals surface area contributed by atoms with Crippen LogP contribution in [0.4, 0.5) is 0 Å². The first-order valence-electron chi connectivity index (χ1n) is 8.26. The van der Waals surface area contributed by atoms with Gasteiger partial charge in [0.25, 0.3) is 0 Å². The molecule has 0 saturated carbocycles. The van der Waals surface area contributed by atoms with Gasteiger partial charge < -0.3 is 5.32 Å². The predicted molar refractivity (Wildman–Crippen MR) is 111 cm³/mol. The monoisotopic (exact) mass is 425 g/mol. The summed E-state index contributed by atoms with van der Waals surface area (Å²) in [4.78, 5) is 17.3. The summed E-state index contributed by atoms with van der Waals surface area (Å²) in [6.45, 7) is 2.64. The number of carbonyl (C=O) groups excluding carboxylic acids is 1. The molecule has 0 spiro atoms. The van der Waals surface area contributed by atoms with Crippen molar-refractivity contribution in [1.82, 2.24) is 14.6 Å². The number of thioether (sulfide) groups is 2. The summed E-state index contributed by atoms with van der Waals surface area (Å²) in [7, 11) is -0.542. The summed E-state index contributed by atoms with van der Waals surface area (Å²) in [5.41, 5.74) is 1.23. The lowest BCUT2D eigenvalue weighted by atomic mass is 10.2. The Kier molecular flexibility index (Phi) is 8.15. The number of aryl methyl sites for hydroxylation is 1. The molecule has 0 bridgehead atoms. The molecular weight excluding hydrogens is 402 g/mol. The van der Waals surface area contributed by atoms with Crippen LogP contribution in [0.25, 0.3) is 0 Å². The summed E-state index contributed by atoms with van der Waals surface area (Å²) >= 11 is 2.97. The van der Waals surface area contributed by atoms with Crippen molar-refractivity contribution in [2.45, 2.75) is 21.7 Å². The smallest absolute Gasteiger partial charge is 0.244 e. The fourth-order valence-electron chi connectivity index (χ4n) is 2.00. The molecule has 0 aliphatic carbocycles. The Morgan fingerprint density at radius 2 is 1.81 bits per heavy atom. The summed E-state index contributed by atoms with van der Waals surface area (Å²) in [6, 6.07) is 11.4. The molecule has 6 nitrogen and oxygen atoms in total. The number of benzene rings is 1. The van der Waals surface area contributed by atoms with Crippen LogP contribution in [0.15, 0.2) is 57.4 Å². The third kappa shape index (κ3) is 6.84. The van der Waals surface area contributed by atoms with Crippen LogP contribution in [0.1, 0.15) is 5.56 Å². The van der Waals surface area contributed by atoms with E-state index in [0.717, 1.165) is 10.1 Å². The van der Waals surface area contributed by atoms with Crippen LogP contribution >= 0.6 is 23.5 Å². The Balaban J connectivity index is 1.71. The maximum absolute atomic E-state index is 12.0. The molecule has 0 saturated heterocycles. The topological polar surface area (TPSA) is 79.4 Å². The van der Waals surface area contributed by atoms with Crippen molar-refractivity contribution < 1.29 is 13.2 Å². The van der Waals surface area contributed by atoms with Crippen LogP contribution in [0.3, 0.4) is 0 Å². The molecule has 0 aliphatic heterocycles. The van der Waals surface area contributed by atoms with Gasteiger partial charge >= 0.3 is 0 Å². The number of nitrogens with one attached hydrogen (secondary N) is 1. The molecule has 0 fully saturated rings. The molecule has 0 radical (unpaired) electrons. The van der Waals surface area contributed by atoms with Gasteiger partial charge in [0.2, 0.25) is 15.9 Å². The van der Waals surface area contributed by atoms with Crippen molar-refractivity contribution in [2.24, 2.45) is 0 Å². The molecule has 1 aromatic carbocycles. The number of carbonyl (C=O) groups is 1. The fraction of sp³-hybridized carbons (Fsp3) is 0.333. The van der Waals surface area contributed by atoms with Crippen LogP contribution < -0.4 is 5.32 Å². The number of pyridine rings is 1. The minimum absolute atomic E-state index is 0.0729. The van der Waals surface area contributed by atoms with Gasteiger partial charge in [-0.2, -0.15) is 0 Å². The van der Waals surface area contributed by atoms with E-state index in [0.29, 0.717) is 11.6 Å². The highest BCUT2D eigenvalue weighted by molar-refractivity contribution is 8.00. The van der Waals surface area contributed by atoms with Gasteiger partial charge in [-0.3, -0.25) is 4.79 Å². The Labute approximate surface area is 169 Å². The Morgan fingerprint density at radius 3 is 2.41 bits per heavy atom. The SMILES string of the molecule is Cc1ccc(SCCNC(=O)CSc2ccc(S(=O)(=O)N(C)C)cn2)cc1. The summed E-state index contributed by atoms with van der Waals surface area (Å²) in [5.74, 6) is 0.966. The number of rotatable bonds is 9. The molecule has 2 aromatic rings. The standard InChI is InChI=1S/C18H23N3O3S3/c1-14-4-6-15(7-5-14)25-11-10-19-17(22)13-26-18-9-8-16(12-20-18)27(23,24)21(2)3/h4-9,12H,10-11,13H2,1-3H3,(H,19,22). The molecular formula is C18H23N3O3S3. The summed E-state index contributed by atoms with van der Waals surface area (Å²) in [5, 5.41) is 3.48. The van der Waals surface area contributed by atoms with E-state index < -0.39 is 10.0 Å². The second kappa shape index (κ2) is 10.1. The van der Waals surface area contributed by atoms with Crippen molar-refractivity contribution in [3.05, 3.63) is 48.2 Å². The van der Waals surface area contributed by atoms with E-state index in [4.69, 9.17) is 0 Å². The third-order valence-corrected chi connectivity index (χ3v) is 7.31. The van der Waals surface area contributed by atoms with E-state index in [2.05, 4.69) is 41.5 Å². The van der Waals surface area contributed by atoms with E-state index in [1.54, 1.807) is 17.8 Å². The first-order chi connectivity index (χ1) is 12.8. The number of aromatic nitrogens is 1. The van der Waals surface area contributed by atoms with E-state index in [9.17, 15) is 13.2 Å². The van der Waals surface area contributed by atoms with Crippen LogP contribution in [0.5, 0.6) is 0 Å². The highest BCUT2D eigenvalue weighted by Crippen LogP contribution is 2.19. The van der Waals surface area contributed by atoms with Crippen molar-refractivity contribution in [2.75, 3.05) is 32.1 Å². The number of amides is 1. The van der Waals surface area contributed by atoms with E-state index in [1.165, 1.54) is 48.6 Å². The van der Waals surface area contributed by atoms with Crippen molar-refractivity contribution in [3.8, 4) is 0 Å². The second-order valence-corrected chi connectivity index (χ2v) is 10.2. The first kappa shape index (κ1) is 21.7. The molecule has 27 heavy (non-hydrogen) atoms. The Bertz CT molecular complexity index is 852. The lowest BCUT2D eigenvalue weighted by Crippen LogP contribution is -2.27. The maximum atomic E-state index is 12.0. The molecule has 0 unspecified atom stereocenters. The zero-order valence-corrected chi connectivity index (χ0v) is 18.0. The van der Waals surface area contributed by atoms with Gasteiger partial charge in [-0.25, -0.2) is 17.7 Å². The predicted octanol–water partition coefficient (Wildman–Crippen LogP) is 2.64. The van der Waals surface area contributed by atoms with Gasteiger partial charge in [0.15, 0.2) is 0 Å². The average Bonchev–Trinajstić information content (AvgIpc) is 2.65. The minimum atomic E-state index is -3.49. The summed E-state index contributed by atoms with van der Waals surface area (Å²) in [6.07, 6.45) is 1.31. The van der Waals surface area contributed by atoms with E-state index >= 15 is 0 Å². The van der Waals surface area contributed by atoms with Gasteiger partial charge in [0, 0.05) is 37.5 Å². The van der Waals surface area contributed by atoms with Crippen molar-refractivity contribution in [1.29, 1.82) is 0 Å². The Morgan fingerprint density at radius 1 is 1.11 bits per heavy atom. The lowest BCUT2D eigenvalue weighted by Gasteiger charge is -2.11. The molecule has 0 atom stereocenters. The van der Waals surface area contributed by atoms with E-state index in [1.807, 2.05) is 0 Å². The number of hydrogen-bond donors (Lipinski definition) is 1. The molecule has 1 aromatic heterocycles. The number of hydrogen-bond acceptors (Lipinski definition) is 6. The fourth-order valence-corrected chi connectivity index (χ4v) is 4.29. The van der Waals surface area contributed by atoms with Crippen molar-refractivity contribution in [3.63, 3.8) is 0 Å². The number of sulfonamides is 1. The number of nitrogens with zero attached hydrogens (tertiary/aromatic N) is 2. The molecule has 1 N–H and O–H groups in total. The molecule has 146 valence electrons. The summed E-state index contributed by atoms with van der Waals surface area (Å²) < 4.78 is 25.1. The lowest BCUT2D eigenvalue weighted by molar-refractivity contribution is -0.118. The van der Waals surface area contributed by atoms with Crippen LogP contribution in [-0.2, 0) is 14.8 Å². The largest absolute Gasteiger partial charge is 0.355 e. The van der Waals surface area contributed by atoms with Crippen LogP contribution in [-0.4, -0.2) is 55.8 Å². The zero-order chi connectivity index (χ0) is 19.9. The molecule has 0 aliphatic rings. The van der Waals surface area contributed by atoms with Crippen molar-refractivity contribution >= 4 is 39.5 Å². The van der Waals surface area contributed by atoms with Gasteiger partial charge in [0.1, 0.15) is 4.90 Å². The van der Waals surface area contributed by atoms with Gasteiger partial charge in [0.05, 0.1) is 10.8 Å². The quantitative estimate of drug-likeness (QED) is 0.491. The highest BCUT2D eigenvalue weighted by Gasteiger charge is 2.17. The molecule has 1 amide bonds. The van der Waals surface area contributed by atoms with Gasteiger partial charge in [-0.1, -0.05) is 29.5 Å². The normalized spacial score (nSPS) is 11.6. The molecule has 2 rings (SSSR count). The third-order valence-electron chi connectivity index (χ3n) is 3.55. The second-order valence-electron chi connectivity index (χ2n) is 5.92. The van der Waals surface area contributed by atoms with Crippen LogP contribution in [0, 0.1) is 6.92 Å². The molecule has 9 heteroatoms. The van der Waals surface area contributed by atoms with Crippen LogP contribution in [0.2, 0.25) is 0 Å². The minimum Gasteiger partial charge on any atom is -0.355 e. The highest BCUT2D eigenvalue weighted by atomic mass is 32.2. The average molecular weight is 426 g/mol. The zero-order valence-electron chi connectivity index (χ0n) is 15.5. The molecule has 1 heterocycles. The van der Waals surface area contributed by atoms with Gasteiger partial charge in [-0.15, -0.1) is 11.8 Å². The van der Waals surface area contributed by atoms with E-state index in [-0.39, 0.29) is 16.6 Å². The Hall–Kier alpha value is -1.55.